The van der Waals surface area contributed by atoms with E-state index in [0.717, 1.165) is 5.39 Å². The van der Waals surface area contributed by atoms with Crippen LogP contribution < -0.4 is 29.2 Å². The number of amides is 2. The molecule has 2 amide bonds. The first-order chi connectivity index (χ1) is 16.2. The van der Waals surface area contributed by atoms with Gasteiger partial charge in [0.2, 0.25) is 0 Å². The predicted octanol–water partition coefficient (Wildman–Crippen LogP) is 4.93. The van der Waals surface area contributed by atoms with Crippen molar-refractivity contribution in [3.63, 3.8) is 0 Å². The smallest absolute Gasteiger partial charge is 0.328 e. The zero-order chi connectivity index (χ0) is 22.8. The number of pyridine rings is 1. The van der Waals surface area contributed by atoms with E-state index in [9.17, 15) is 4.79 Å². The average Bonchev–Trinajstić information content (AvgIpc) is 3.35. The fourth-order valence-electron chi connectivity index (χ4n) is 3.58. The molecule has 0 spiro atoms. The van der Waals surface area contributed by atoms with Gasteiger partial charge in [-0.05, 0) is 24.3 Å². The molecule has 168 valence electrons. The first-order valence-electron chi connectivity index (χ1n) is 10.1. The lowest BCUT2D eigenvalue weighted by atomic mass is 10.1. The highest BCUT2D eigenvalue weighted by Gasteiger charge is 2.25. The minimum Gasteiger partial charge on any atom is -0.493 e. The van der Waals surface area contributed by atoms with Crippen molar-refractivity contribution in [2.24, 2.45) is 0 Å². The minimum absolute atomic E-state index is 0.260. The van der Waals surface area contributed by atoms with Gasteiger partial charge < -0.3 is 18.9 Å². The van der Waals surface area contributed by atoms with Crippen molar-refractivity contribution >= 4 is 39.1 Å². The number of aromatic nitrogens is 2. The van der Waals surface area contributed by atoms with Gasteiger partial charge in [-0.2, -0.15) is 0 Å². The van der Waals surface area contributed by atoms with Crippen molar-refractivity contribution in [3.8, 4) is 28.7 Å². The van der Waals surface area contributed by atoms with E-state index in [1.54, 1.807) is 67.2 Å². The van der Waals surface area contributed by atoms with Gasteiger partial charge in [0, 0.05) is 35.3 Å². The van der Waals surface area contributed by atoms with Crippen LogP contribution in [0.1, 0.15) is 0 Å². The summed E-state index contributed by atoms with van der Waals surface area (Å²) < 4.78 is 22.8. The number of urea groups is 1. The second-order valence-corrected chi connectivity index (χ2v) is 7.93. The molecule has 9 nitrogen and oxygen atoms in total. The van der Waals surface area contributed by atoms with E-state index < -0.39 is 0 Å². The molecule has 1 aliphatic rings. The highest BCUT2D eigenvalue weighted by Crippen LogP contribution is 2.40. The number of benzene rings is 2. The van der Waals surface area contributed by atoms with Crippen LogP contribution in [0.5, 0.6) is 28.7 Å². The fraction of sp³-hybridized carbons (Fsp3) is 0.174. The third kappa shape index (κ3) is 4.08. The summed E-state index contributed by atoms with van der Waals surface area (Å²) in [5.41, 5.74) is 1.37. The molecule has 33 heavy (non-hydrogen) atoms. The van der Waals surface area contributed by atoms with Gasteiger partial charge in [-0.3, -0.25) is 15.2 Å². The van der Waals surface area contributed by atoms with Gasteiger partial charge in [0.15, 0.2) is 16.6 Å². The van der Waals surface area contributed by atoms with Crippen LogP contribution in [-0.4, -0.2) is 43.4 Å². The van der Waals surface area contributed by atoms with Crippen molar-refractivity contribution in [3.05, 3.63) is 54.2 Å². The number of methoxy groups -OCH3 is 2. The molecule has 1 aliphatic heterocycles. The number of thiazole rings is 1. The number of nitrogens with zero attached hydrogens (tertiary/aromatic N) is 3. The summed E-state index contributed by atoms with van der Waals surface area (Å²) in [7, 11) is 3.16. The third-order valence-corrected chi connectivity index (χ3v) is 5.81. The Bertz CT molecular complexity index is 1310. The number of nitrogens with one attached hydrogen (secondary N) is 1. The molecule has 0 saturated heterocycles. The normalized spacial score (nSPS) is 12.6. The lowest BCUT2D eigenvalue weighted by Gasteiger charge is -2.29. The predicted molar refractivity (Wildman–Crippen MR) is 125 cm³/mol. The molecule has 1 N–H and O–H groups in total. The number of rotatable bonds is 5. The standard InChI is InChI=1S/C23H20N4O5S/c1-29-20-12-15-16(13-21(20)30-2)24-6-5-18(15)32-14-3-4-17-19(11-14)31-9-8-27(17)23(28)26-22-25-7-10-33-22/h3-7,10-13H,8-9H2,1-2H3,(H,25,26,28). The number of hydrogen-bond acceptors (Lipinski definition) is 8. The van der Waals surface area contributed by atoms with E-state index >= 15 is 0 Å². The molecule has 0 aliphatic carbocycles. The van der Waals surface area contributed by atoms with Crippen LogP contribution in [0.25, 0.3) is 10.9 Å². The fourth-order valence-corrected chi connectivity index (χ4v) is 4.10. The summed E-state index contributed by atoms with van der Waals surface area (Å²) in [5, 5.41) is 5.93. The van der Waals surface area contributed by atoms with E-state index in [1.165, 1.54) is 11.3 Å². The molecular weight excluding hydrogens is 444 g/mol. The van der Waals surface area contributed by atoms with Crippen molar-refractivity contribution < 1.29 is 23.7 Å². The van der Waals surface area contributed by atoms with Crippen LogP contribution in [0.15, 0.2) is 54.2 Å². The molecule has 4 aromatic rings. The molecule has 10 heteroatoms. The SMILES string of the molecule is COc1cc2nccc(Oc3ccc4c(c3)OCCN4C(=O)Nc3nccs3)c2cc1OC. The van der Waals surface area contributed by atoms with Crippen molar-refractivity contribution in [2.75, 3.05) is 37.6 Å². The van der Waals surface area contributed by atoms with Crippen LogP contribution in [0.3, 0.4) is 0 Å². The molecule has 2 aromatic heterocycles. The average molecular weight is 465 g/mol. The Morgan fingerprint density at radius 2 is 1.91 bits per heavy atom. The highest BCUT2D eigenvalue weighted by atomic mass is 32.1. The van der Waals surface area contributed by atoms with E-state index in [2.05, 4.69) is 15.3 Å². The zero-order valence-corrected chi connectivity index (χ0v) is 18.7. The van der Waals surface area contributed by atoms with Crippen LogP contribution in [0, 0.1) is 0 Å². The van der Waals surface area contributed by atoms with Gasteiger partial charge in [0.25, 0.3) is 0 Å². The van der Waals surface area contributed by atoms with Crippen molar-refractivity contribution in [1.29, 1.82) is 0 Å². The maximum atomic E-state index is 12.7. The minimum atomic E-state index is -0.260. The molecule has 3 heterocycles. The lowest BCUT2D eigenvalue weighted by molar-refractivity contribution is 0.250. The molecule has 0 unspecified atom stereocenters. The summed E-state index contributed by atoms with van der Waals surface area (Å²) >= 11 is 1.36. The Kier molecular flexibility index (Phi) is 5.57. The Labute approximate surface area is 193 Å². The molecule has 0 saturated carbocycles. The number of carbonyl (C=O) groups excluding carboxylic acids is 1. The van der Waals surface area contributed by atoms with E-state index in [1.807, 2.05) is 6.07 Å². The number of ether oxygens (including phenoxy) is 4. The van der Waals surface area contributed by atoms with Gasteiger partial charge in [0.1, 0.15) is 23.9 Å². The zero-order valence-electron chi connectivity index (χ0n) is 17.9. The Balaban J connectivity index is 1.43. The number of fused-ring (bicyclic) bond motifs is 2. The number of anilines is 2. The van der Waals surface area contributed by atoms with Gasteiger partial charge >= 0.3 is 6.03 Å². The second-order valence-electron chi connectivity index (χ2n) is 7.03. The molecule has 0 bridgehead atoms. The summed E-state index contributed by atoms with van der Waals surface area (Å²) in [4.78, 5) is 22.9. The summed E-state index contributed by atoms with van der Waals surface area (Å²) in [5.74, 6) is 2.91. The molecule has 0 fully saturated rings. The lowest BCUT2D eigenvalue weighted by Crippen LogP contribution is -2.40. The molecule has 2 aromatic carbocycles. The van der Waals surface area contributed by atoms with E-state index in [-0.39, 0.29) is 6.03 Å². The van der Waals surface area contributed by atoms with Gasteiger partial charge in [0.05, 0.1) is 32.0 Å². The first kappa shape index (κ1) is 20.8. The maximum absolute atomic E-state index is 12.7. The summed E-state index contributed by atoms with van der Waals surface area (Å²) in [6.45, 7) is 0.804. The van der Waals surface area contributed by atoms with Gasteiger partial charge in [-0.15, -0.1) is 11.3 Å². The highest BCUT2D eigenvalue weighted by molar-refractivity contribution is 7.13. The monoisotopic (exact) mass is 464 g/mol. The van der Waals surface area contributed by atoms with Crippen LogP contribution >= 0.6 is 11.3 Å². The quantitative estimate of drug-likeness (QED) is 0.447. The largest absolute Gasteiger partial charge is 0.493 e. The first-order valence-corrected chi connectivity index (χ1v) is 11.0. The summed E-state index contributed by atoms with van der Waals surface area (Å²) in [6.07, 6.45) is 3.31. The number of hydrogen-bond donors (Lipinski definition) is 1. The van der Waals surface area contributed by atoms with Crippen LogP contribution in [0.2, 0.25) is 0 Å². The van der Waals surface area contributed by atoms with Crippen LogP contribution in [-0.2, 0) is 0 Å². The maximum Gasteiger partial charge on any atom is 0.328 e. The van der Waals surface area contributed by atoms with Crippen molar-refractivity contribution in [2.45, 2.75) is 0 Å². The molecular formula is C23H20N4O5S. The number of carbonyl (C=O) groups is 1. The Morgan fingerprint density at radius 3 is 2.70 bits per heavy atom. The van der Waals surface area contributed by atoms with E-state index in [4.69, 9.17) is 18.9 Å². The third-order valence-electron chi connectivity index (χ3n) is 5.12. The van der Waals surface area contributed by atoms with Gasteiger partial charge in [-0.1, -0.05) is 0 Å². The molecule has 5 rings (SSSR count). The summed E-state index contributed by atoms with van der Waals surface area (Å²) in [6, 6.07) is 10.5. The van der Waals surface area contributed by atoms with Gasteiger partial charge in [-0.25, -0.2) is 9.78 Å². The molecule has 0 radical (unpaired) electrons. The topological polar surface area (TPSA) is 95.0 Å². The second kappa shape index (κ2) is 8.83. The molecule has 0 atom stereocenters. The van der Waals surface area contributed by atoms with Crippen molar-refractivity contribution in [1.82, 2.24) is 9.97 Å². The Hall–Kier alpha value is -4.05. The van der Waals surface area contributed by atoms with E-state index in [0.29, 0.717) is 58.2 Å². The Morgan fingerprint density at radius 1 is 1.06 bits per heavy atom. The van der Waals surface area contributed by atoms with Crippen LogP contribution in [0.4, 0.5) is 15.6 Å².